The van der Waals surface area contributed by atoms with Crippen LogP contribution in [0.4, 0.5) is 14.5 Å². The van der Waals surface area contributed by atoms with Crippen molar-refractivity contribution in [1.29, 1.82) is 0 Å². The van der Waals surface area contributed by atoms with E-state index in [1.807, 2.05) is 6.07 Å². The molecule has 3 N–H and O–H groups in total. The smallest absolute Gasteiger partial charge is 0.241 e. The first kappa shape index (κ1) is 15.9. The summed E-state index contributed by atoms with van der Waals surface area (Å²) in [5, 5.41) is 0. The van der Waals surface area contributed by atoms with E-state index >= 15 is 0 Å². The fourth-order valence-electron chi connectivity index (χ4n) is 2.90. The summed E-state index contributed by atoms with van der Waals surface area (Å²) in [6.07, 6.45) is 2.25. The van der Waals surface area contributed by atoms with Gasteiger partial charge < -0.3 is 5.73 Å². The van der Waals surface area contributed by atoms with Crippen molar-refractivity contribution in [3.63, 3.8) is 0 Å². The monoisotopic (exact) mass is 338 g/mol. The maximum Gasteiger partial charge on any atom is 0.241 e. The molecule has 3 rings (SSSR count). The van der Waals surface area contributed by atoms with Gasteiger partial charge in [-0.15, -0.1) is 0 Å². The number of nitrogen functional groups attached to an aromatic ring is 1. The van der Waals surface area contributed by atoms with Crippen molar-refractivity contribution in [2.45, 2.75) is 30.2 Å². The lowest BCUT2D eigenvalue weighted by atomic mass is 9.88. The Morgan fingerprint density at radius 3 is 2.48 bits per heavy atom. The van der Waals surface area contributed by atoms with Crippen molar-refractivity contribution in [1.82, 2.24) is 4.72 Å². The van der Waals surface area contributed by atoms with Crippen molar-refractivity contribution >= 4 is 15.7 Å². The van der Waals surface area contributed by atoms with Crippen LogP contribution in [0.3, 0.4) is 0 Å². The minimum absolute atomic E-state index is 0.419. The summed E-state index contributed by atoms with van der Waals surface area (Å²) < 4.78 is 53.9. The number of fused-ring (bicyclic) bond motifs is 1. The zero-order valence-electron chi connectivity index (χ0n) is 12.2. The lowest BCUT2D eigenvalue weighted by molar-refractivity contribution is 0.505. The minimum Gasteiger partial charge on any atom is -0.399 e. The van der Waals surface area contributed by atoms with Gasteiger partial charge in [0.2, 0.25) is 10.0 Å². The number of halogens is 2. The van der Waals surface area contributed by atoms with Crippen LogP contribution in [0.1, 0.15) is 30.0 Å². The second-order valence-corrected chi connectivity index (χ2v) is 7.34. The molecule has 2 aromatic carbocycles. The van der Waals surface area contributed by atoms with Gasteiger partial charge in [-0.1, -0.05) is 6.07 Å². The third-order valence-electron chi connectivity index (χ3n) is 3.93. The number of aryl methyl sites for hydroxylation is 1. The molecule has 122 valence electrons. The molecule has 0 aromatic heterocycles. The number of hydrogen-bond donors (Lipinski definition) is 2. The molecule has 0 heterocycles. The van der Waals surface area contributed by atoms with E-state index in [1.54, 1.807) is 12.1 Å². The van der Waals surface area contributed by atoms with Gasteiger partial charge in [-0.3, -0.25) is 0 Å². The van der Waals surface area contributed by atoms with Crippen LogP contribution in [0.15, 0.2) is 41.3 Å². The van der Waals surface area contributed by atoms with Gasteiger partial charge in [-0.2, -0.15) is 0 Å². The molecule has 1 aliphatic carbocycles. The number of hydrogen-bond acceptors (Lipinski definition) is 3. The van der Waals surface area contributed by atoms with E-state index in [0.717, 1.165) is 36.1 Å². The molecular weight excluding hydrogens is 322 g/mol. The van der Waals surface area contributed by atoms with Gasteiger partial charge in [-0.05, 0) is 54.7 Å². The largest absolute Gasteiger partial charge is 0.399 e. The molecular formula is C16H16F2N2O2S. The van der Waals surface area contributed by atoms with Crippen LogP contribution in [-0.2, 0) is 16.4 Å². The molecule has 0 saturated carbocycles. The Morgan fingerprint density at radius 2 is 1.78 bits per heavy atom. The highest BCUT2D eigenvalue weighted by molar-refractivity contribution is 7.89. The molecule has 1 aliphatic rings. The van der Waals surface area contributed by atoms with Crippen LogP contribution in [0.2, 0.25) is 0 Å². The minimum atomic E-state index is -4.02. The van der Waals surface area contributed by atoms with E-state index in [-0.39, 0.29) is 0 Å². The molecule has 4 nitrogen and oxygen atoms in total. The highest BCUT2D eigenvalue weighted by Gasteiger charge is 2.26. The van der Waals surface area contributed by atoms with E-state index in [1.165, 1.54) is 0 Å². The van der Waals surface area contributed by atoms with Crippen molar-refractivity contribution < 1.29 is 17.2 Å². The van der Waals surface area contributed by atoms with Crippen LogP contribution < -0.4 is 10.5 Å². The summed E-state index contributed by atoms with van der Waals surface area (Å²) in [5.41, 5.74) is 8.23. The first-order valence-electron chi connectivity index (χ1n) is 7.22. The van der Waals surface area contributed by atoms with Gasteiger partial charge in [0.25, 0.3) is 0 Å². The third kappa shape index (κ3) is 3.35. The van der Waals surface area contributed by atoms with Gasteiger partial charge in [0, 0.05) is 17.8 Å². The summed E-state index contributed by atoms with van der Waals surface area (Å²) >= 11 is 0. The molecule has 1 atom stereocenters. The topological polar surface area (TPSA) is 72.2 Å². The summed E-state index contributed by atoms with van der Waals surface area (Å²) in [5.74, 6) is -1.86. The zero-order valence-corrected chi connectivity index (χ0v) is 13.0. The maximum atomic E-state index is 13.3. The summed E-state index contributed by atoms with van der Waals surface area (Å²) in [6, 6.07) is 7.15. The Labute approximate surface area is 133 Å². The van der Waals surface area contributed by atoms with Crippen molar-refractivity contribution in [2.24, 2.45) is 0 Å². The van der Waals surface area contributed by atoms with E-state index in [9.17, 15) is 17.2 Å². The van der Waals surface area contributed by atoms with Crippen LogP contribution >= 0.6 is 0 Å². The maximum absolute atomic E-state index is 13.3. The first-order valence-corrected chi connectivity index (χ1v) is 8.70. The lowest BCUT2D eigenvalue weighted by Crippen LogP contribution is -2.31. The van der Waals surface area contributed by atoms with Gasteiger partial charge in [0.05, 0.1) is 4.90 Å². The summed E-state index contributed by atoms with van der Waals surface area (Å²) in [6.45, 7) is 0. The highest BCUT2D eigenvalue weighted by Crippen LogP contribution is 2.32. The molecule has 1 unspecified atom stereocenters. The number of nitrogens with one attached hydrogen (secondary N) is 1. The summed E-state index contributed by atoms with van der Waals surface area (Å²) in [4.78, 5) is -0.419. The molecule has 0 radical (unpaired) electrons. The van der Waals surface area contributed by atoms with Gasteiger partial charge in [0.15, 0.2) is 0 Å². The molecule has 0 spiro atoms. The van der Waals surface area contributed by atoms with Gasteiger partial charge in [-0.25, -0.2) is 21.9 Å². The van der Waals surface area contributed by atoms with Crippen LogP contribution in [0, 0.1) is 11.6 Å². The Hall–Kier alpha value is -1.99. The highest BCUT2D eigenvalue weighted by atomic mass is 32.2. The van der Waals surface area contributed by atoms with E-state index in [2.05, 4.69) is 4.72 Å². The number of anilines is 1. The van der Waals surface area contributed by atoms with Crippen molar-refractivity contribution in [3.05, 3.63) is 59.2 Å². The molecule has 0 amide bonds. The second-order valence-electron chi connectivity index (χ2n) is 5.63. The molecule has 7 heteroatoms. The quantitative estimate of drug-likeness (QED) is 0.845. The molecule has 0 aliphatic heterocycles. The summed E-state index contributed by atoms with van der Waals surface area (Å²) in [7, 11) is -4.02. The molecule has 2 aromatic rings. The SMILES string of the molecule is Nc1ccc2c(c1)CCCC2NS(=O)(=O)c1cc(F)cc(F)c1. The Morgan fingerprint density at radius 1 is 1.09 bits per heavy atom. The standard InChI is InChI=1S/C16H16F2N2O2S/c17-11-7-12(18)9-14(8-11)23(21,22)20-16-3-1-2-10-6-13(19)4-5-15(10)16/h4-9,16,20H,1-3,19H2. The lowest BCUT2D eigenvalue weighted by Gasteiger charge is -2.26. The molecule has 0 fully saturated rings. The Bertz CT molecular complexity index is 833. The zero-order chi connectivity index (χ0) is 16.6. The van der Waals surface area contributed by atoms with Crippen molar-refractivity contribution in [2.75, 3.05) is 5.73 Å². The average Bonchev–Trinajstić information content (AvgIpc) is 2.45. The molecule has 0 bridgehead atoms. The van der Waals surface area contributed by atoms with Crippen molar-refractivity contribution in [3.8, 4) is 0 Å². The molecule has 23 heavy (non-hydrogen) atoms. The Kier molecular flexibility index (Phi) is 4.08. The van der Waals surface area contributed by atoms with Crippen LogP contribution in [-0.4, -0.2) is 8.42 Å². The Balaban J connectivity index is 1.93. The predicted molar refractivity (Wildman–Crippen MR) is 83.2 cm³/mol. The normalized spacial score (nSPS) is 17.7. The van der Waals surface area contributed by atoms with Gasteiger partial charge >= 0.3 is 0 Å². The number of benzene rings is 2. The predicted octanol–water partition coefficient (Wildman–Crippen LogP) is 2.90. The van der Waals surface area contributed by atoms with E-state index in [0.29, 0.717) is 18.2 Å². The average molecular weight is 338 g/mol. The van der Waals surface area contributed by atoms with E-state index < -0.39 is 32.6 Å². The van der Waals surface area contributed by atoms with Crippen LogP contribution in [0.25, 0.3) is 0 Å². The fourth-order valence-corrected chi connectivity index (χ4v) is 4.19. The van der Waals surface area contributed by atoms with Gasteiger partial charge in [0.1, 0.15) is 11.6 Å². The number of rotatable bonds is 3. The third-order valence-corrected chi connectivity index (χ3v) is 5.38. The fraction of sp³-hybridized carbons (Fsp3) is 0.250. The molecule has 0 saturated heterocycles. The number of nitrogens with two attached hydrogens (primary N) is 1. The second kappa shape index (κ2) is 5.90. The number of sulfonamides is 1. The first-order chi connectivity index (χ1) is 10.8. The van der Waals surface area contributed by atoms with Crippen LogP contribution in [0.5, 0.6) is 0 Å². The van der Waals surface area contributed by atoms with E-state index in [4.69, 9.17) is 5.73 Å².